The molecule has 0 saturated heterocycles. The van der Waals surface area contributed by atoms with Crippen LogP contribution in [0.1, 0.15) is 43.2 Å². The molecule has 0 radical (unpaired) electrons. The van der Waals surface area contributed by atoms with Gasteiger partial charge in [-0.15, -0.1) is 0 Å². The first kappa shape index (κ1) is 13.7. The van der Waals surface area contributed by atoms with E-state index in [4.69, 9.17) is 10.9 Å². The van der Waals surface area contributed by atoms with Gasteiger partial charge in [-0.3, -0.25) is 0 Å². The monoisotopic (exact) mass is 261 g/mol. The number of benzene rings is 1. The molecule has 4 nitrogen and oxygen atoms in total. The Morgan fingerprint density at radius 2 is 2.00 bits per heavy atom. The molecular weight excluding hydrogens is 238 g/mol. The molecule has 1 aromatic rings. The molecule has 4 heteroatoms. The molecule has 0 aliphatic heterocycles. The van der Waals surface area contributed by atoms with Crippen LogP contribution in [0.2, 0.25) is 0 Å². The van der Waals surface area contributed by atoms with E-state index in [9.17, 15) is 0 Å². The highest BCUT2D eigenvalue weighted by molar-refractivity contribution is 5.97. The minimum absolute atomic E-state index is 0.162. The van der Waals surface area contributed by atoms with E-state index < -0.39 is 0 Å². The summed E-state index contributed by atoms with van der Waals surface area (Å²) in [6.07, 6.45) is 6.58. The fourth-order valence-electron chi connectivity index (χ4n) is 2.93. The van der Waals surface area contributed by atoms with E-state index in [-0.39, 0.29) is 5.84 Å². The Hall–Kier alpha value is -1.71. The van der Waals surface area contributed by atoms with Gasteiger partial charge in [0.2, 0.25) is 0 Å². The zero-order valence-electron chi connectivity index (χ0n) is 11.8. The van der Waals surface area contributed by atoms with Gasteiger partial charge in [-0.2, -0.15) is 0 Å². The number of hydrogen-bond donors (Lipinski definition) is 2. The molecule has 1 saturated carbocycles. The summed E-state index contributed by atoms with van der Waals surface area (Å²) in [5.74, 6) is 0.162. The number of amidine groups is 1. The van der Waals surface area contributed by atoms with Gasteiger partial charge in [0.15, 0.2) is 5.84 Å². The predicted octanol–water partition coefficient (Wildman–Crippen LogP) is 2.86. The zero-order chi connectivity index (χ0) is 13.8. The van der Waals surface area contributed by atoms with Crippen LogP contribution in [0.4, 0.5) is 5.69 Å². The van der Waals surface area contributed by atoms with Gasteiger partial charge in [0.25, 0.3) is 0 Å². The van der Waals surface area contributed by atoms with Crippen molar-refractivity contribution in [2.75, 3.05) is 11.9 Å². The number of hydrogen-bond acceptors (Lipinski definition) is 3. The Labute approximate surface area is 114 Å². The zero-order valence-corrected chi connectivity index (χ0v) is 11.8. The van der Waals surface area contributed by atoms with Crippen LogP contribution < -0.4 is 10.6 Å². The molecule has 1 aliphatic rings. The van der Waals surface area contributed by atoms with Crippen LogP contribution in [0.3, 0.4) is 0 Å². The fourth-order valence-corrected chi connectivity index (χ4v) is 2.93. The van der Waals surface area contributed by atoms with Crippen LogP contribution in [0.5, 0.6) is 0 Å². The lowest BCUT2D eigenvalue weighted by Gasteiger charge is -2.34. The third-order valence-electron chi connectivity index (χ3n) is 4.10. The van der Waals surface area contributed by atoms with Gasteiger partial charge in [-0.25, -0.2) is 0 Å². The summed E-state index contributed by atoms with van der Waals surface area (Å²) in [6, 6.07) is 6.60. The van der Waals surface area contributed by atoms with Crippen molar-refractivity contribution in [3.8, 4) is 0 Å². The summed E-state index contributed by atoms with van der Waals surface area (Å²) in [6.45, 7) is 2.07. The van der Waals surface area contributed by atoms with Crippen molar-refractivity contribution < 1.29 is 5.21 Å². The summed E-state index contributed by atoms with van der Waals surface area (Å²) in [4.78, 5) is 2.38. The van der Waals surface area contributed by atoms with Crippen LogP contribution in [0.25, 0.3) is 0 Å². The van der Waals surface area contributed by atoms with Crippen molar-refractivity contribution >= 4 is 11.5 Å². The van der Waals surface area contributed by atoms with E-state index in [0.29, 0.717) is 6.04 Å². The van der Waals surface area contributed by atoms with Crippen LogP contribution in [-0.4, -0.2) is 24.1 Å². The SMILES string of the molecule is Cc1cc(/C(N)=N/O)ccc1N(C)C1CCCCC1. The molecule has 1 aliphatic carbocycles. The minimum Gasteiger partial charge on any atom is -0.409 e. The molecule has 1 fully saturated rings. The molecule has 0 heterocycles. The molecule has 1 aromatic carbocycles. The van der Waals surface area contributed by atoms with Crippen molar-refractivity contribution in [1.82, 2.24) is 0 Å². The first-order valence-corrected chi connectivity index (χ1v) is 6.95. The molecule has 19 heavy (non-hydrogen) atoms. The van der Waals surface area contributed by atoms with Crippen LogP contribution in [0, 0.1) is 6.92 Å². The Morgan fingerprint density at radius 1 is 1.32 bits per heavy atom. The Bertz CT molecular complexity index is 464. The molecule has 0 aromatic heterocycles. The number of rotatable bonds is 3. The van der Waals surface area contributed by atoms with Gasteiger partial charge in [0.1, 0.15) is 0 Å². The molecule has 0 amide bonds. The van der Waals surface area contributed by atoms with E-state index >= 15 is 0 Å². The van der Waals surface area contributed by atoms with E-state index in [0.717, 1.165) is 11.1 Å². The van der Waals surface area contributed by atoms with Crippen molar-refractivity contribution in [3.63, 3.8) is 0 Å². The lowest BCUT2D eigenvalue weighted by Crippen LogP contribution is -2.33. The normalized spacial score (nSPS) is 17.5. The van der Waals surface area contributed by atoms with Gasteiger partial charge in [0.05, 0.1) is 0 Å². The average molecular weight is 261 g/mol. The molecule has 0 bridgehead atoms. The smallest absolute Gasteiger partial charge is 0.170 e. The van der Waals surface area contributed by atoms with Gasteiger partial charge in [-0.1, -0.05) is 24.4 Å². The lowest BCUT2D eigenvalue weighted by atomic mass is 9.93. The number of anilines is 1. The topological polar surface area (TPSA) is 61.9 Å². The van der Waals surface area contributed by atoms with Crippen molar-refractivity contribution in [1.29, 1.82) is 0 Å². The number of aryl methyl sites for hydroxylation is 1. The Kier molecular flexibility index (Phi) is 4.30. The van der Waals surface area contributed by atoms with Crippen LogP contribution in [0.15, 0.2) is 23.4 Å². The first-order chi connectivity index (χ1) is 9.13. The van der Waals surface area contributed by atoms with E-state index in [2.05, 4.69) is 30.1 Å². The highest BCUT2D eigenvalue weighted by Gasteiger charge is 2.19. The highest BCUT2D eigenvalue weighted by Crippen LogP contribution is 2.28. The number of nitrogens with two attached hydrogens (primary N) is 1. The maximum Gasteiger partial charge on any atom is 0.170 e. The lowest BCUT2D eigenvalue weighted by molar-refractivity contribution is 0.318. The third kappa shape index (κ3) is 3.00. The first-order valence-electron chi connectivity index (χ1n) is 6.95. The van der Waals surface area contributed by atoms with Crippen LogP contribution in [-0.2, 0) is 0 Å². The predicted molar refractivity (Wildman–Crippen MR) is 79.0 cm³/mol. The van der Waals surface area contributed by atoms with Gasteiger partial charge in [-0.05, 0) is 43.5 Å². The largest absolute Gasteiger partial charge is 0.409 e. The quantitative estimate of drug-likeness (QED) is 0.380. The number of nitrogens with zero attached hydrogens (tertiary/aromatic N) is 2. The summed E-state index contributed by atoms with van der Waals surface area (Å²) >= 11 is 0. The molecule has 104 valence electrons. The van der Waals surface area contributed by atoms with Crippen LogP contribution >= 0.6 is 0 Å². The van der Waals surface area contributed by atoms with E-state index in [1.54, 1.807) is 0 Å². The fraction of sp³-hybridized carbons (Fsp3) is 0.533. The summed E-state index contributed by atoms with van der Waals surface area (Å²) < 4.78 is 0. The molecular formula is C15H23N3O. The molecule has 3 N–H and O–H groups in total. The summed E-state index contributed by atoms with van der Waals surface area (Å²) in [5, 5.41) is 11.8. The highest BCUT2D eigenvalue weighted by atomic mass is 16.4. The van der Waals surface area contributed by atoms with E-state index in [1.165, 1.54) is 37.8 Å². The average Bonchev–Trinajstić information content (AvgIpc) is 2.46. The van der Waals surface area contributed by atoms with Gasteiger partial charge >= 0.3 is 0 Å². The standard InChI is InChI=1S/C15H23N3O/c1-11-10-12(15(16)17-19)8-9-14(11)18(2)13-6-4-3-5-7-13/h8-10,13,19H,3-7H2,1-2H3,(H2,16,17). The summed E-state index contributed by atoms with van der Waals surface area (Å²) in [7, 11) is 2.17. The summed E-state index contributed by atoms with van der Waals surface area (Å²) in [5.41, 5.74) is 8.78. The number of oxime groups is 1. The molecule has 0 unspecified atom stereocenters. The third-order valence-corrected chi connectivity index (χ3v) is 4.10. The maximum absolute atomic E-state index is 8.71. The minimum atomic E-state index is 0.162. The molecule has 2 rings (SSSR count). The Balaban J connectivity index is 2.20. The molecule has 0 atom stereocenters. The van der Waals surface area contributed by atoms with Crippen molar-refractivity contribution in [2.24, 2.45) is 10.9 Å². The molecule has 0 spiro atoms. The Morgan fingerprint density at radius 3 is 2.58 bits per heavy atom. The van der Waals surface area contributed by atoms with Gasteiger partial charge in [0, 0.05) is 24.3 Å². The van der Waals surface area contributed by atoms with Gasteiger partial charge < -0.3 is 15.8 Å². The second-order valence-corrected chi connectivity index (χ2v) is 5.39. The second kappa shape index (κ2) is 5.95. The van der Waals surface area contributed by atoms with Crippen molar-refractivity contribution in [3.05, 3.63) is 29.3 Å². The second-order valence-electron chi connectivity index (χ2n) is 5.39. The maximum atomic E-state index is 8.71. The van der Waals surface area contributed by atoms with E-state index in [1.807, 2.05) is 12.1 Å². The van der Waals surface area contributed by atoms with Crippen molar-refractivity contribution in [2.45, 2.75) is 45.1 Å².